The number of nitrogens with one attached hydrogen (secondary N) is 1. The van der Waals surface area contributed by atoms with Crippen molar-refractivity contribution in [3.05, 3.63) is 0 Å². The molecule has 0 radical (unpaired) electrons. The van der Waals surface area contributed by atoms with E-state index >= 15 is 0 Å². The van der Waals surface area contributed by atoms with E-state index in [9.17, 15) is 14.4 Å². The number of carboxylic acid groups (broad SMARTS) is 1. The molecule has 3 atom stereocenters. The van der Waals surface area contributed by atoms with E-state index < -0.39 is 5.97 Å². The number of rotatable bonds is 3. The molecule has 3 amide bonds. The fourth-order valence-corrected chi connectivity index (χ4v) is 2.78. The average Bonchev–Trinajstić information content (AvgIpc) is 2.96. The summed E-state index contributed by atoms with van der Waals surface area (Å²) in [6, 6.07) is -0.305. The number of hydrogen-bond acceptors (Lipinski definition) is 3. The summed E-state index contributed by atoms with van der Waals surface area (Å²) in [5.74, 6) is -1.79. The zero-order valence-electron chi connectivity index (χ0n) is 10.7. The Kier molecular flexibility index (Phi) is 3.92. The van der Waals surface area contributed by atoms with Gasteiger partial charge in [-0.05, 0) is 25.7 Å². The third kappa shape index (κ3) is 3.15. The van der Waals surface area contributed by atoms with Gasteiger partial charge in [-0.15, -0.1) is 0 Å². The highest BCUT2D eigenvalue weighted by Crippen LogP contribution is 2.26. The van der Waals surface area contributed by atoms with Gasteiger partial charge >= 0.3 is 12.0 Å². The average molecular weight is 269 g/mol. The molecule has 1 aliphatic carbocycles. The third-order valence-electron chi connectivity index (χ3n) is 3.99. The van der Waals surface area contributed by atoms with Crippen LogP contribution in [0.3, 0.4) is 0 Å². The van der Waals surface area contributed by atoms with E-state index in [0.29, 0.717) is 38.8 Å². The Bertz CT molecular complexity index is 398. The number of likely N-dealkylation sites (tertiary alicyclic amines) is 1. The molecule has 2 rings (SSSR count). The van der Waals surface area contributed by atoms with Crippen LogP contribution in [0.15, 0.2) is 0 Å². The SMILES string of the molecule is NC(=O)C1CCN(C(=O)NC2CCC(C(=O)O)C2)C1. The van der Waals surface area contributed by atoms with E-state index in [1.165, 1.54) is 0 Å². The normalized spacial score (nSPS) is 30.3. The summed E-state index contributed by atoms with van der Waals surface area (Å²) in [5.41, 5.74) is 5.21. The van der Waals surface area contributed by atoms with Gasteiger partial charge in [-0.3, -0.25) is 9.59 Å². The predicted octanol–water partition coefficient (Wildman–Crippen LogP) is -0.243. The molecule has 7 nitrogen and oxygen atoms in total. The Labute approximate surface area is 111 Å². The Morgan fingerprint density at radius 2 is 1.89 bits per heavy atom. The fraction of sp³-hybridized carbons (Fsp3) is 0.750. The molecular weight excluding hydrogens is 250 g/mol. The first-order valence-corrected chi connectivity index (χ1v) is 6.55. The zero-order valence-corrected chi connectivity index (χ0v) is 10.7. The van der Waals surface area contributed by atoms with Crippen LogP contribution >= 0.6 is 0 Å². The lowest BCUT2D eigenvalue weighted by atomic mass is 10.1. The van der Waals surface area contributed by atoms with E-state index in [-0.39, 0.29) is 29.8 Å². The maximum absolute atomic E-state index is 12.0. The molecule has 0 bridgehead atoms. The van der Waals surface area contributed by atoms with Crippen LogP contribution in [0.25, 0.3) is 0 Å². The van der Waals surface area contributed by atoms with Crippen LogP contribution in [0.4, 0.5) is 4.79 Å². The van der Waals surface area contributed by atoms with Crippen molar-refractivity contribution in [2.24, 2.45) is 17.6 Å². The number of nitrogens with zero attached hydrogens (tertiary/aromatic N) is 1. The number of nitrogens with two attached hydrogens (primary N) is 1. The lowest BCUT2D eigenvalue weighted by Crippen LogP contribution is -2.43. The Morgan fingerprint density at radius 3 is 2.42 bits per heavy atom. The molecule has 1 aliphatic heterocycles. The molecule has 0 aromatic heterocycles. The van der Waals surface area contributed by atoms with Gasteiger partial charge in [0.2, 0.25) is 5.91 Å². The second-order valence-electron chi connectivity index (χ2n) is 5.33. The van der Waals surface area contributed by atoms with Crippen molar-refractivity contribution >= 4 is 17.9 Å². The summed E-state index contributed by atoms with van der Waals surface area (Å²) >= 11 is 0. The summed E-state index contributed by atoms with van der Waals surface area (Å²) in [6.07, 6.45) is 2.37. The van der Waals surface area contributed by atoms with Gasteiger partial charge in [0.25, 0.3) is 0 Å². The molecule has 1 heterocycles. The van der Waals surface area contributed by atoms with Crippen molar-refractivity contribution < 1.29 is 19.5 Å². The first-order chi connectivity index (χ1) is 8.97. The van der Waals surface area contributed by atoms with Crippen LogP contribution in [0.1, 0.15) is 25.7 Å². The third-order valence-corrected chi connectivity index (χ3v) is 3.99. The maximum atomic E-state index is 12.0. The molecule has 2 fully saturated rings. The highest BCUT2D eigenvalue weighted by Gasteiger charge is 2.34. The van der Waals surface area contributed by atoms with Gasteiger partial charge in [-0.2, -0.15) is 0 Å². The van der Waals surface area contributed by atoms with Crippen molar-refractivity contribution in [3.8, 4) is 0 Å². The standard InChI is InChI=1S/C12H19N3O4/c13-10(16)8-3-4-15(6-8)12(19)14-9-2-1-7(5-9)11(17)18/h7-9H,1-6H2,(H2,13,16)(H,14,19)(H,17,18). The molecule has 1 saturated heterocycles. The smallest absolute Gasteiger partial charge is 0.317 e. The number of carboxylic acids is 1. The fourth-order valence-electron chi connectivity index (χ4n) is 2.78. The van der Waals surface area contributed by atoms with Gasteiger partial charge in [0.05, 0.1) is 11.8 Å². The minimum atomic E-state index is -0.799. The van der Waals surface area contributed by atoms with Gasteiger partial charge < -0.3 is 21.1 Å². The van der Waals surface area contributed by atoms with Crippen molar-refractivity contribution in [1.29, 1.82) is 0 Å². The van der Waals surface area contributed by atoms with Crippen molar-refractivity contribution in [2.75, 3.05) is 13.1 Å². The summed E-state index contributed by atoms with van der Waals surface area (Å²) in [4.78, 5) is 35.4. The largest absolute Gasteiger partial charge is 0.481 e. The first-order valence-electron chi connectivity index (χ1n) is 6.55. The molecule has 19 heavy (non-hydrogen) atoms. The minimum absolute atomic E-state index is 0.0822. The molecular formula is C12H19N3O4. The highest BCUT2D eigenvalue weighted by atomic mass is 16.4. The second-order valence-corrected chi connectivity index (χ2v) is 5.33. The van der Waals surface area contributed by atoms with E-state index in [4.69, 9.17) is 10.8 Å². The predicted molar refractivity (Wildman–Crippen MR) is 66.2 cm³/mol. The highest BCUT2D eigenvalue weighted by molar-refractivity contribution is 5.80. The summed E-state index contributed by atoms with van der Waals surface area (Å²) in [6.45, 7) is 0.880. The van der Waals surface area contributed by atoms with Crippen molar-refractivity contribution in [3.63, 3.8) is 0 Å². The monoisotopic (exact) mass is 269 g/mol. The quantitative estimate of drug-likeness (QED) is 0.656. The summed E-state index contributed by atoms with van der Waals surface area (Å²) in [7, 11) is 0. The number of urea groups is 1. The summed E-state index contributed by atoms with van der Waals surface area (Å²) in [5, 5.41) is 11.7. The van der Waals surface area contributed by atoms with Gasteiger partial charge in [-0.1, -0.05) is 0 Å². The first kappa shape index (κ1) is 13.6. The van der Waals surface area contributed by atoms with Gasteiger partial charge in [0.1, 0.15) is 0 Å². The van der Waals surface area contributed by atoms with Crippen LogP contribution in [0, 0.1) is 11.8 Å². The molecule has 0 aromatic carbocycles. The lowest BCUT2D eigenvalue weighted by Gasteiger charge is -2.20. The van der Waals surface area contributed by atoms with E-state index in [2.05, 4.69) is 5.32 Å². The summed E-state index contributed by atoms with van der Waals surface area (Å²) < 4.78 is 0. The molecule has 0 aromatic rings. The number of hydrogen-bond donors (Lipinski definition) is 3. The molecule has 7 heteroatoms. The molecule has 4 N–H and O–H groups in total. The zero-order chi connectivity index (χ0) is 14.0. The second kappa shape index (κ2) is 5.46. The molecule has 3 unspecified atom stereocenters. The minimum Gasteiger partial charge on any atom is -0.481 e. The number of aliphatic carboxylic acids is 1. The Hall–Kier alpha value is -1.79. The van der Waals surface area contributed by atoms with Crippen LogP contribution in [0.5, 0.6) is 0 Å². The lowest BCUT2D eigenvalue weighted by molar-refractivity contribution is -0.141. The van der Waals surface area contributed by atoms with Gasteiger partial charge in [-0.25, -0.2) is 4.79 Å². The van der Waals surface area contributed by atoms with Crippen LogP contribution in [0.2, 0.25) is 0 Å². The van der Waals surface area contributed by atoms with Crippen LogP contribution < -0.4 is 11.1 Å². The van der Waals surface area contributed by atoms with Gasteiger partial charge in [0, 0.05) is 19.1 Å². The molecule has 2 aliphatic rings. The van der Waals surface area contributed by atoms with Crippen molar-refractivity contribution in [1.82, 2.24) is 10.2 Å². The van der Waals surface area contributed by atoms with E-state index in [1.54, 1.807) is 4.90 Å². The number of carbonyl (C=O) groups is 3. The van der Waals surface area contributed by atoms with Crippen LogP contribution in [-0.4, -0.2) is 47.0 Å². The number of carbonyl (C=O) groups excluding carboxylic acids is 2. The Morgan fingerprint density at radius 1 is 1.16 bits per heavy atom. The Balaban J connectivity index is 1.80. The maximum Gasteiger partial charge on any atom is 0.317 e. The topological polar surface area (TPSA) is 113 Å². The van der Waals surface area contributed by atoms with E-state index in [1.807, 2.05) is 0 Å². The molecule has 0 spiro atoms. The van der Waals surface area contributed by atoms with Crippen LogP contribution in [-0.2, 0) is 9.59 Å². The number of primary amides is 1. The molecule has 106 valence electrons. The van der Waals surface area contributed by atoms with Crippen molar-refractivity contribution in [2.45, 2.75) is 31.7 Å². The number of amides is 3. The van der Waals surface area contributed by atoms with E-state index in [0.717, 1.165) is 0 Å². The van der Waals surface area contributed by atoms with Gasteiger partial charge in [0.15, 0.2) is 0 Å². The molecule has 1 saturated carbocycles.